The summed E-state index contributed by atoms with van der Waals surface area (Å²) in [4.78, 5) is 32.5. The van der Waals surface area contributed by atoms with Gasteiger partial charge >= 0.3 is 11.8 Å². The van der Waals surface area contributed by atoms with E-state index in [2.05, 4.69) is 16.5 Å². The standard InChI is InChI=1S/C17H19N5O4/c1-4-13-8-14(15(22(24)25)16(18)20-13)21(17(23)26-5-2)10-12-7-6-11(3)19-9-12/h4,6-9H,1,5,10H2,2-3H3,(H2,18,20). The second-order valence-electron chi connectivity index (χ2n) is 5.35. The smallest absolute Gasteiger partial charge is 0.414 e. The number of ether oxygens (including phenoxy) is 1. The molecule has 0 spiro atoms. The molecule has 9 nitrogen and oxygen atoms in total. The lowest BCUT2D eigenvalue weighted by Crippen LogP contribution is -2.32. The number of hydrogen-bond donors (Lipinski definition) is 1. The first-order chi connectivity index (χ1) is 12.4. The Kier molecular flexibility index (Phi) is 5.84. The third-order valence-corrected chi connectivity index (χ3v) is 3.50. The maximum absolute atomic E-state index is 12.5. The molecule has 2 N–H and O–H groups in total. The second kappa shape index (κ2) is 8.06. The number of hydrogen-bond acceptors (Lipinski definition) is 7. The van der Waals surface area contributed by atoms with Gasteiger partial charge in [0.25, 0.3) is 0 Å². The number of nitrogen functional groups attached to an aromatic ring is 1. The summed E-state index contributed by atoms with van der Waals surface area (Å²) < 4.78 is 5.06. The van der Waals surface area contributed by atoms with Crippen LogP contribution in [0, 0.1) is 17.0 Å². The molecule has 0 aromatic carbocycles. The third kappa shape index (κ3) is 4.12. The summed E-state index contributed by atoms with van der Waals surface area (Å²) in [5.74, 6) is -0.307. The van der Waals surface area contributed by atoms with Gasteiger partial charge in [0, 0.05) is 11.9 Å². The van der Waals surface area contributed by atoms with Crippen LogP contribution < -0.4 is 10.6 Å². The maximum atomic E-state index is 12.5. The summed E-state index contributed by atoms with van der Waals surface area (Å²) in [7, 11) is 0. The van der Waals surface area contributed by atoms with Crippen molar-refractivity contribution in [2.45, 2.75) is 20.4 Å². The summed E-state index contributed by atoms with van der Waals surface area (Å²) in [6, 6.07) is 4.93. The van der Waals surface area contributed by atoms with Gasteiger partial charge in [0.15, 0.2) is 0 Å². The Bertz CT molecular complexity index is 836. The molecule has 2 rings (SSSR count). The van der Waals surface area contributed by atoms with Crippen LogP contribution in [-0.2, 0) is 11.3 Å². The Hall–Kier alpha value is -3.49. The molecule has 0 radical (unpaired) electrons. The van der Waals surface area contributed by atoms with Crippen LogP contribution >= 0.6 is 0 Å². The molecule has 2 aromatic rings. The Morgan fingerprint density at radius 1 is 1.50 bits per heavy atom. The van der Waals surface area contributed by atoms with Crippen molar-refractivity contribution in [2.24, 2.45) is 0 Å². The van der Waals surface area contributed by atoms with Crippen molar-refractivity contribution in [3.8, 4) is 0 Å². The molecule has 0 unspecified atom stereocenters. The van der Waals surface area contributed by atoms with E-state index in [-0.39, 0.29) is 24.7 Å². The highest BCUT2D eigenvalue weighted by Crippen LogP contribution is 2.35. The van der Waals surface area contributed by atoms with E-state index in [1.165, 1.54) is 12.1 Å². The van der Waals surface area contributed by atoms with E-state index in [0.717, 1.165) is 10.6 Å². The zero-order chi connectivity index (χ0) is 19.3. The summed E-state index contributed by atoms with van der Waals surface area (Å²) in [6.45, 7) is 7.20. The van der Waals surface area contributed by atoms with Crippen molar-refractivity contribution < 1.29 is 14.5 Å². The molecule has 0 atom stereocenters. The Balaban J connectivity index is 2.58. The lowest BCUT2D eigenvalue weighted by molar-refractivity contribution is -0.383. The zero-order valence-electron chi connectivity index (χ0n) is 14.5. The van der Waals surface area contributed by atoms with Crippen molar-refractivity contribution in [3.05, 3.63) is 58.0 Å². The van der Waals surface area contributed by atoms with E-state index in [0.29, 0.717) is 11.3 Å². The molecule has 0 aliphatic rings. The highest BCUT2D eigenvalue weighted by Gasteiger charge is 2.29. The fourth-order valence-electron chi connectivity index (χ4n) is 2.29. The fourth-order valence-corrected chi connectivity index (χ4v) is 2.29. The van der Waals surface area contributed by atoms with Crippen LogP contribution in [0.1, 0.15) is 23.9 Å². The lowest BCUT2D eigenvalue weighted by Gasteiger charge is -2.22. The minimum Gasteiger partial charge on any atom is -0.449 e. The number of amides is 1. The first-order valence-electron chi connectivity index (χ1n) is 7.80. The van der Waals surface area contributed by atoms with Gasteiger partial charge in [-0.1, -0.05) is 12.6 Å². The van der Waals surface area contributed by atoms with E-state index < -0.39 is 16.7 Å². The summed E-state index contributed by atoms with van der Waals surface area (Å²) >= 11 is 0. The van der Waals surface area contributed by atoms with Gasteiger partial charge in [-0.15, -0.1) is 0 Å². The van der Waals surface area contributed by atoms with Crippen LogP contribution in [0.15, 0.2) is 31.0 Å². The van der Waals surface area contributed by atoms with E-state index in [1.54, 1.807) is 25.3 Å². The molecule has 0 fully saturated rings. The monoisotopic (exact) mass is 357 g/mol. The number of pyridine rings is 2. The molecule has 9 heteroatoms. The normalized spacial score (nSPS) is 10.2. The molecule has 136 valence electrons. The van der Waals surface area contributed by atoms with Gasteiger partial charge in [0.1, 0.15) is 5.69 Å². The summed E-state index contributed by atoms with van der Waals surface area (Å²) in [6.07, 6.45) is 2.24. The van der Waals surface area contributed by atoms with Crippen LogP contribution in [0.4, 0.5) is 22.0 Å². The number of nitrogens with zero attached hydrogens (tertiary/aromatic N) is 4. The average molecular weight is 357 g/mol. The van der Waals surface area contributed by atoms with Gasteiger partial charge in [-0.2, -0.15) is 0 Å². The van der Waals surface area contributed by atoms with Gasteiger partial charge < -0.3 is 10.5 Å². The molecule has 2 heterocycles. The van der Waals surface area contributed by atoms with Gasteiger partial charge in [-0.05, 0) is 37.6 Å². The first kappa shape index (κ1) is 18.8. The number of nitro groups is 1. The molecular formula is C17H19N5O4. The number of rotatable bonds is 6. The quantitative estimate of drug-likeness (QED) is 0.622. The minimum absolute atomic E-state index is 0.0172. The van der Waals surface area contributed by atoms with E-state index >= 15 is 0 Å². The van der Waals surface area contributed by atoms with Crippen LogP contribution in [0.2, 0.25) is 0 Å². The second-order valence-corrected chi connectivity index (χ2v) is 5.35. The Labute approximate surface area is 150 Å². The highest BCUT2D eigenvalue weighted by molar-refractivity contribution is 5.93. The van der Waals surface area contributed by atoms with E-state index in [1.807, 2.05) is 6.92 Å². The minimum atomic E-state index is -0.739. The van der Waals surface area contributed by atoms with Crippen LogP contribution in [0.3, 0.4) is 0 Å². The Morgan fingerprint density at radius 2 is 2.23 bits per heavy atom. The number of aryl methyl sites for hydroxylation is 1. The fraction of sp³-hybridized carbons (Fsp3) is 0.235. The molecule has 0 saturated heterocycles. The molecule has 0 aliphatic carbocycles. The molecule has 0 bridgehead atoms. The van der Waals surface area contributed by atoms with Crippen LogP contribution in [0.5, 0.6) is 0 Å². The van der Waals surface area contributed by atoms with Crippen LogP contribution in [0.25, 0.3) is 6.08 Å². The number of aromatic nitrogens is 2. The first-order valence-corrected chi connectivity index (χ1v) is 7.80. The number of nitrogens with two attached hydrogens (primary N) is 1. The molecule has 26 heavy (non-hydrogen) atoms. The number of anilines is 2. The molecule has 1 amide bonds. The topological polar surface area (TPSA) is 124 Å². The third-order valence-electron chi connectivity index (χ3n) is 3.50. The van der Waals surface area contributed by atoms with Crippen molar-refractivity contribution in [1.82, 2.24) is 9.97 Å². The average Bonchev–Trinajstić information content (AvgIpc) is 2.60. The van der Waals surface area contributed by atoms with Crippen molar-refractivity contribution >= 4 is 29.4 Å². The van der Waals surface area contributed by atoms with E-state index in [4.69, 9.17) is 10.5 Å². The summed E-state index contributed by atoms with van der Waals surface area (Å²) in [5.41, 5.74) is 7.04. The van der Waals surface area contributed by atoms with Gasteiger partial charge in [0.05, 0.1) is 23.8 Å². The Morgan fingerprint density at radius 3 is 2.77 bits per heavy atom. The maximum Gasteiger partial charge on any atom is 0.414 e. The largest absolute Gasteiger partial charge is 0.449 e. The molecule has 0 saturated carbocycles. The van der Waals surface area contributed by atoms with Gasteiger partial charge in [-0.25, -0.2) is 9.78 Å². The molecular weight excluding hydrogens is 338 g/mol. The zero-order valence-corrected chi connectivity index (χ0v) is 14.5. The summed E-state index contributed by atoms with van der Waals surface area (Å²) in [5, 5.41) is 11.5. The SMILES string of the molecule is C=Cc1cc(N(Cc2ccc(C)nc2)C(=O)OCC)c([N+](=O)[O-])c(N)n1. The van der Waals surface area contributed by atoms with Crippen molar-refractivity contribution in [2.75, 3.05) is 17.2 Å². The van der Waals surface area contributed by atoms with Gasteiger partial charge in [0.2, 0.25) is 5.82 Å². The van der Waals surface area contributed by atoms with Gasteiger partial charge in [-0.3, -0.25) is 20.0 Å². The highest BCUT2D eigenvalue weighted by atomic mass is 16.6. The van der Waals surface area contributed by atoms with Crippen molar-refractivity contribution in [3.63, 3.8) is 0 Å². The molecule has 2 aromatic heterocycles. The van der Waals surface area contributed by atoms with E-state index in [9.17, 15) is 14.9 Å². The number of carbonyl (C=O) groups is 1. The predicted octanol–water partition coefficient (Wildman–Crippen LogP) is 3.08. The van der Waals surface area contributed by atoms with Crippen molar-refractivity contribution in [1.29, 1.82) is 0 Å². The van der Waals surface area contributed by atoms with Crippen LogP contribution in [-0.4, -0.2) is 27.6 Å². The lowest BCUT2D eigenvalue weighted by atomic mass is 10.2. The number of carbonyl (C=O) groups excluding carboxylic acids is 1. The molecule has 0 aliphatic heterocycles. The predicted molar refractivity (Wildman–Crippen MR) is 97.6 cm³/mol.